The van der Waals surface area contributed by atoms with Crippen molar-refractivity contribution in [1.82, 2.24) is 4.57 Å². The summed E-state index contributed by atoms with van der Waals surface area (Å²) in [6.07, 6.45) is 0. The van der Waals surface area contributed by atoms with E-state index >= 15 is 0 Å². The molecule has 0 amide bonds. The quantitative estimate of drug-likeness (QED) is 0.164. The van der Waals surface area contributed by atoms with Crippen molar-refractivity contribution in [2.24, 2.45) is 0 Å². The van der Waals surface area contributed by atoms with E-state index in [1.807, 2.05) is 0 Å². The number of anilines is 3. The molecule has 0 aliphatic heterocycles. The third kappa shape index (κ3) is 4.81. The number of para-hydroxylation sites is 2. The van der Waals surface area contributed by atoms with Gasteiger partial charge in [0.15, 0.2) is 0 Å². The normalized spacial score (nSPS) is 11.7. The van der Waals surface area contributed by atoms with Gasteiger partial charge in [-0.2, -0.15) is 0 Å². The molecule has 0 atom stereocenters. The first-order valence-corrected chi connectivity index (χ1v) is 18.6. The molecule has 0 aliphatic carbocycles. The van der Waals surface area contributed by atoms with Crippen LogP contribution in [-0.4, -0.2) is 4.57 Å². The molecular weight excluding hydrogens is 653 g/mol. The maximum Gasteiger partial charge on any atom is 0.0561 e. The van der Waals surface area contributed by atoms with Gasteiger partial charge in [-0.15, -0.1) is 0 Å². The van der Waals surface area contributed by atoms with E-state index in [1.165, 1.54) is 76.0 Å². The molecule has 1 heterocycles. The molecule has 0 saturated carbocycles. The van der Waals surface area contributed by atoms with Gasteiger partial charge in [-0.3, -0.25) is 0 Å². The first-order chi connectivity index (χ1) is 26.8. The zero-order valence-electron chi connectivity index (χ0n) is 29.5. The highest BCUT2D eigenvalue weighted by molar-refractivity contribution is 6.26. The van der Waals surface area contributed by atoms with Gasteiger partial charge in [-0.1, -0.05) is 146 Å². The summed E-state index contributed by atoms with van der Waals surface area (Å²) in [4.78, 5) is 2.40. The molecule has 0 bridgehead atoms. The summed E-state index contributed by atoms with van der Waals surface area (Å²) in [5.74, 6) is 0. The Morgan fingerprint density at radius 1 is 0.278 bits per heavy atom. The molecular formula is C52H34N2. The van der Waals surface area contributed by atoms with Crippen LogP contribution in [0.5, 0.6) is 0 Å². The topological polar surface area (TPSA) is 8.17 Å². The Bertz CT molecular complexity index is 3180. The fourth-order valence-corrected chi connectivity index (χ4v) is 8.62. The lowest BCUT2D eigenvalue weighted by atomic mass is 9.94. The Balaban J connectivity index is 1.12. The lowest BCUT2D eigenvalue weighted by Crippen LogP contribution is -2.10. The highest BCUT2D eigenvalue weighted by atomic mass is 15.1. The van der Waals surface area contributed by atoms with E-state index in [4.69, 9.17) is 0 Å². The molecule has 0 unspecified atom stereocenters. The van der Waals surface area contributed by atoms with Gasteiger partial charge in [0.2, 0.25) is 0 Å². The standard InChI is InChI=1S/C52H34N2/c1-3-13-35(14-4-1)36-23-24-38-32-40(26-25-37(38)31-36)54-51-22-12-11-21-48(51)49-30-28-42(34-52(49)54)53(39-15-5-2-6-16-39)41-27-29-47-45-19-8-7-17-43(45)44-18-9-10-20-46(44)50(47)33-41/h1-34H. The molecule has 11 aromatic rings. The molecule has 0 N–H and O–H groups in total. The number of fused-ring (bicyclic) bond motifs is 10. The molecule has 54 heavy (non-hydrogen) atoms. The van der Waals surface area contributed by atoms with Gasteiger partial charge >= 0.3 is 0 Å². The Morgan fingerprint density at radius 3 is 1.52 bits per heavy atom. The van der Waals surface area contributed by atoms with Crippen molar-refractivity contribution in [3.05, 3.63) is 206 Å². The number of hydrogen-bond acceptors (Lipinski definition) is 1. The molecule has 11 rings (SSSR count). The zero-order valence-corrected chi connectivity index (χ0v) is 29.5. The molecule has 0 radical (unpaired) electrons. The van der Waals surface area contributed by atoms with Gasteiger partial charge in [0.1, 0.15) is 0 Å². The molecule has 0 saturated heterocycles. The van der Waals surface area contributed by atoms with Crippen LogP contribution < -0.4 is 4.90 Å². The summed E-state index contributed by atoms with van der Waals surface area (Å²) in [5.41, 5.74) is 9.32. The summed E-state index contributed by atoms with van der Waals surface area (Å²) in [6, 6.07) is 75.3. The number of hydrogen-bond donors (Lipinski definition) is 0. The zero-order chi connectivity index (χ0) is 35.6. The van der Waals surface area contributed by atoms with Crippen molar-refractivity contribution in [2.75, 3.05) is 4.90 Å². The number of nitrogens with zero attached hydrogens (tertiary/aromatic N) is 2. The van der Waals surface area contributed by atoms with Crippen molar-refractivity contribution in [1.29, 1.82) is 0 Å². The van der Waals surface area contributed by atoms with Crippen LogP contribution in [0.2, 0.25) is 0 Å². The van der Waals surface area contributed by atoms with Crippen molar-refractivity contribution >= 4 is 82.0 Å². The second-order valence-electron chi connectivity index (χ2n) is 14.2. The molecule has 0 aliphatic rings. The molecule has 10 aromatic carbocycles. The van der Waals surface area contributed by atoms with Crippen molar-refractivity contribution in [3.8, 4) is 16.8 Å². The minimum atomic E-state index is 1.11. The smallest absolute Gasteiger partial charge is 0.0561 e. The van der Waals surface area contributed by atoms with Crippen LogP contribution >= 0.6 is 0 Å². The van der Waals surface area contributed by atoms with Crippen LogP contribution in [0, 0.1) is 0 Å². The Labute approximate surface area is 313 Å². The average molecular weight is 687 g/mol. The van der Waals surface area contributed by atoms with Crippen LogP contribution in [-0.2, 0) is 0 Å². The maximum absolute atomic E-state index is 2.43. The minimum Gasteiger partial charge on any atom is -0.310 e. The fraction of sp³-hybridized carbons (Fsp3) is 0. The fourth-order valence-electron chi connectivity index (χ4n) is 8.62. The average Bonchev–Trinajstić information content (AvgIpc) is 3.58. The third-order valence-electron chi connectivity index (χ3n) is 11.1. The number of benzene rings is 10. The van der Waals surface area contributed by atoms with Crippen molar-refractivity contribution in [3.63, 3.8) is 0 Å². The van der Waals surface area contributed by atoms with Crippen LogP contribution in [0.4, 0.5) is 17.1 Å². The summed E-state index contributed by atoms with van der Waals surface area (Å²) in [7, 11) is 0. The SMILES string of the molecule is c1ccc(-c2ccc3cc(-n4c5ccccc5c5ccc(N(c6ccccc6)c6ccc7c8ccccc8c8ccccc8c7c6)cc54)ccc3c2)cc1. The van der Waals surface area contributed by atoms with Crippen LogP contribution in [0.15, 0.2) is 206 Å². The van der Waals surface area contributed by atoms with Crippen molar-refractivity contribution < 1.29 is 0 Å². The summed E-state index contributed by atoms with van der Waals surface area (Å²) in [5, 5.41) is 12.6. The predicted molar refractivity (Wildman–Crippen MR) is 231 cm³/mol. The van der Waals surface area contributed by atoms with Gasteiger partial charge in [0.05, 0.1) is 11.0 Å². The van der Waals surface area contributed by atoms with Crippen molar-refractivity contribution in [2.45, 2.75) is 0 Å². The summed E-state index contributed by atoms with van der Waals surface area (Å²) in [6.45, 7) is 0. The Kier molecular flexibility index (Phi) is 6.90. The summed E-state index contributed by atoms with van der Waals surface area (Å²) >= 11 is 0. The van der Waals surface area contributed by atoms with E-state index in [1.54, 1.807) is 0 Å². The number of rotatable bonds is 5. The monoisotopic (exact) mass is 686 g/mol. The van der Waals surface area contributed by atoms with E-state index in [2.05, 4.69) is 216 Å². The number of aromatic nitrogens is 1. The van der Waals surface area contributed by atoms with Gasteiger partial charge in [0.25, 0.3) is 0 Å². The minimum absolute atomic E-state index is 1.11. The summed E-state index contributed by atoms with van der Waals surface area (Å²) < 4.78 is 2.43. The largest absolute Gasteiger partial charge is 0.310 e. The van der Waals surface area contributed by atoms with E-state index in [0.717, 1.165) is 22.7 Å². The van der Waals surface area contributed by atoms with E-state index in [9.17, 15) is 0 Å². The van der Waals surface area contributed by atoms with Gasteiger partial charge in [-0.05, 0) is 115 Å². The van der Waals surface area contributed by atoms with E-state index in [0.29, 0.717) is 0 Å². The molecule has 0 fully saturated rings. The van der Waals surface area contributed by atoms with E-state index in [-0.39, 0.29) is 0 Å². The second kappa shape index (κ2) is 12.2. The van der Waals surface area contributed by atoms with Gasteiger partial charge in [-0.25, -0.2) is 0 Å². The molecule has 252 valence electrons. The Morgan fingerprint density at radius 2 is 0.796 bits per heavy atom. The highest BCUT2D eigenvalue weighted by Gasteiger charge is 2.19. The molecule has 2 nitrogen and oxygen atoms in total. The maximum atomic E-state index is 2.43. The highest BCUT2D eigenvalue weighted by Crippen LogP contribution is 2.43. The van der Waals surface area contributed by atoms with Crippen LogP contribution in [0.1, 0.15) is 0 Å². The first kappa shape index (κ1) is 30.5. The second-order valence-corrected chi connectivity index (χ2v) is 14.2. The Hall–Kier alpha value is -7.16. The molecule has 2 heteroatoms. The van der Waals surface area contributed by atoms with Gasteiger partial charge < -0.3 is 9.47 Å². The third-order valence-corrected chi connectivity index (χ3v) is 11.1. The van der Waals surface area contributed by atoms with Gasteiger partial charge in [0, 0.05) is 33.5 Å². The lowest BCUT2D eigenvalue weighted by Gasteiger charge is -2.26. The molecule has 0 spiro atoms. The molecule has 1 aromatic heterocycles. The first-order valence-electron chi connectivity index (χ1n) is 18.6. The van der Waals surface area contributed by atoms with E-state index < -0.39 is 0 Å². The predicted octanol–water partition coefficient (Wildman–Crippen LogP) is 14.5. The van der Waals surface area contributed by atoms with Crippen LogP contribution in [0.3, 0.4) is 0 Å². The lowest BCUT2D eigenvalue weighted by molar-refractivity contribution is 1.18. The van der Waals surface area contributed by atoms with Crippen LogP contribution in [0.25, 0.3) is 81.7 Å².